The average Bonchev–Trinajstić information content (AvgIpc) is 2.96. The molecule has 40 heavy (non-hydrogen) atoms. The number of rotatable bonds is 11. The Bertz CT molecular complexity index is 1400. The van der Waals surface area contributed by atoms with Crippen molar-refractivity contribution in [2.45, 2.75) is 40.2 Å². The Morgan fingerprint density at radius 2 is 1.02 bits per heavy atom. The lowest BCUT2D eigenvalue weighted by Crippen LogP contribution is -2.06. The third kappa shape index (κ3) is 6.26. The van der Waals surface area contributed by atoms with Crippen molar-refractivity contribution >= 4 is 23.2 Å². The van der Waals surface area contributed by atoms with Crippen LogP contribution in [-0.4, -0.2) is 24.2 Å². The van der Waals surface area contributed by atoms with Crippen LogP contribution in [0.25, 0.3) is 11.1 Å². The number of ether oxygens (including phenoxy) is 4. The topological polar surface area (TPSA) is 115 Å². The van der Waals surface area contributed by atoms with E-state index in [1.807, 2.05) is 24.3 Å². The zero-order chi connectivity index (χ0) is 28.8. The Labute approximate surface area is 244 Å². The molecular weight excluding hydrogens is 551 g/mol. The normalized spacial score (nSPS) is 10.9. The van der Waals surface area contributed by atoms with Gasteiger partial charge in [-0.05, 0) is 59.4 Å². The second-order valence-corrected chi connectivity index (χ2v) is 9.87. The highest BCUT2D eigenvalue weighted by atomic mass is 35.5. The molecule has 2 aromatic carbocycles. The number of nitrogens with two attached hydrogens (primary N) is 2. The number of halogens is 2. The molecule has 4 N–H and O–H groups in total. The van der Waals surface area contributed by atoms with E-state index in [2.05, 4.69) is 35.9 Å². The van der Waals surface area contributed by atoms with Crippen LogP contribution in [0.4, 0.5) is 0 Å². The molecule has 0 radical (unpaired) electrons. The molecule has 0 fully saturated rings. The monoisotopic (exact) mass is 582 g/mol. The summed E-state index contributed by atoms with van der Waals surface area (Å²) in [6, 6.07) is 15.7. The van der Waals surface area contributed by atoms with Crippen LogP contribution in [-0.2, 0) is 26.3 Å². The summed E-state index contributed by atoms with van der Waals surface area (Å²) < 4.78 is 22.7. The second kappa shape index (κ2) is 13.2. The van der Waals surface area contributed by atoms with E-state index in [4.69, 9.17) is 53.6 Å². The number of hydrogen-bond donors (Lipinski definition) is 2. The summed E-state index contributed by atoms with van der Waals surface area (Å²) in [5.41, 5.74) is 19.3. The molecule has 2 heterocycles. The molecule has 2 aromatic heterocycles. The van der Waals surface area contributed by atoms with Crippen LogP contribution in [0.2, 0.25) is 10.0 Å². The molecule has 210 valence electrons. The maximum absolute atomic E-state index is 6.39. The molecule has 4 aromatic rings. The lowest BCUT2D eigenvalue weighted by Gasteiger charge is -2.17. The first-order chi connectivity index (χ1) is 19.3. The molecule has 0 aliphatic heterocycles. The highest BCUT2D eigenvalue weighted by molar-refractivity contribution is 6.32. The molecule has 0 atom stereocenters. The Kier molecular flexibility index (Phi) is 9.71. The fraction of sp³-hybridized carbons (Fsp3) is 0.267. The zero-order valence-electron chi connectivity index (χ0n) is 22.9. The number of pyridine rings is 2. The molecule has 0 aliphatic carbocycles. The van der Waals surface area contributed by atoms with E-state index < -0.39 is 0 Å². The smallest absolute Gasteiger partial charge is 0.236 e. The van der Waals surface area contributed by atoms with Crippen molar-refractivity contribution in [1.82, 2.24) is 9.97 Å². The summed E-state index contributed by atoms with van der Waals surface area (Å²) in [5, 5.41) is 0.756. The molecule has 0 saturated heterocycles. The van der Waals surface area contributed by atoms with Crippen LogP contribution in [0, 0.1) is 13.8 Å². The molecular formula is C30H32Cl2N4O4. The highest BCUT2D eigenvalue weighted by Gasteiger charge is 2.16. The number of hydrogen-bond acceptors (Lipinski definition) is 8. The number of methoxy groups -OCH3 is 2. The van der Waals surface area contributed by atoms with E-state index >= 15 is 0 Å². The van der Waals surface area contributed by atoms with Gasteiger partial charge >= 0.3 is 0 Å². The quantitative estimate of drug-likeness (QED) is 0.216. The van der Waals surface area contributed by atoms with E-state index in [-0.39, 0.29) is 26.3 Å². The first-order valence-electron chi connectivity index (χ1n) is 12.6. The van der Waals surface area contributed by atoms with Gasteiger partial charge in [-0.1, -0.05) is 59.6 Å². The summed E-state index contributed by atoms with van der Waals surface area (Å²) in [4.78, 5) is 8.77. The van der Waals surface area contributed by atoms with Crippen molar-refractivity contribution in [3.63, 3.8) is 0 Å². The van der Waals surface area contributed by atoms with Crippen LogP contribution in [0.5, 0.6) is 23.5 Å². The number of nitrogens with zero attached hydrogens (tertiary/aromatic N) is 2. The van der Waals surface area contributed by atoms with Crippen molar-refractivity contribution < 1.29 is 18.9 Å². The predicted molar refractivity (Wildman–Crippen MR) is 157 cm³/mol. The molecule has 4 rings (SSSR count). The van der Waals surface area contributed by atoms with E-state index in [0.717, 1.165) is 33.4 Å². The molecule has 0 unspecified atom stereocenters. The Balaban J connectivity index is 1.56. The van der Waals surface area contributed by atoms with E-state index in [0.29, 0.717) is 44.7 Å². The number of benzene rings is 2. The lowest BCUT2D eigenvalue weighted by atomic mass is 9.92. The number of aromatic nitrogens is 2. The Morgan fingerprint density at radius 1 is 0.625 bits per heavy atom. The van der Waals surface area contributed by atoms with Gasteiger partial charge in [0, 0.05) is 24.2 Å². The lowest BCUT2D eigenvalue weighted by molar-refractivity contribution is 0.285. The molecule has 8 nitrogen and oxygen atoms in total. The van der Waals surface area contributed by atoms with Crippen LogP contribution in [0.3, 0.4) is 0 Å². The summed E-state index contributed by atoms with van der Waals surface area (Å²) in [6.07, 6.45) is 0. The fourth-order valence-electron chi connectivity index (χ4n) is 4.39. The summed E-state index contributed by atoms with van der Waals surface area (Å²) in [6.45, 7) is 5.23. The van der Waals surface area contributed by atoms with Crippen molar-refractivity contribution in [2.75, 3.05) is 14.2 Å². The average molecular weight is 584 g/mol. The molecule has 0 saturated carbocycles. The molecule has 10 heteroatoms. The van der Waals surface area contributed by atoms with Gasteiger partial charge in [-0.15, -0.1) is 0 Å². The van der Waals surface area contributed by atoms with Crippen molar-refractivity contribution in [1.29, 1.82) is 0 Å². The predicted octanol–water partition coefficient (Wildman–Crippen LogP) is 6.16. The largest absolute Gasteiger partial charge is 0.481 e. The van der Waals surface area contributed by atoms with Crippen molar-refractivity contribution in [3.05, 3.63) is 92.0 Å². The summed E-state index contributed by atoms with van der Waals surface area (Å²) >= 11 is 12.8. The van der Waals surface area contributed by atoms with Gasteiger partial charge < -0.3 is 30.4 Å². The van der Waals surface area contributed by atoms with Gasteiger partial charge in [0.1, 0.15) is 23.3 Å². The maximum Gasteiger partial charge on any atom is 0.236 e. The minimum absolute atomic E-state index is 0.263. The van der Waals surface area contributed by atoms with Crippen molar-refractivity contribution in [2.24, 2.45) is 11.5 Å². The SMILES string of the molecule is COc1nc(OCc2cccc(-c3cccc(COc4nc(OC)c(CN)cc4Cl)c3C)c2C)c(Cl)cc1CN. The van der Waals surface area contributed by atoms with E-state index in [1.165, 1.54) is 14.2 Å². The second-order valence-electron chi connectivity index (χ2n) is 9.05. The standard InChI is InChI=1S/C30H32Cl2N4O4/c1-17-19(15-39-29-25(31)11-21(13-33)27(35-29)37-3)7-5-9-23(17)24-10-6-8-20(18(24)2)16-40-30-26(32)12-22(14-34)28(36-30)38-4/h5-12H,13-16,33-34H2,1-4H3. The van der Waals surface area contributed by atoms with Gasteiger partial charge in [-0.2, -0.15) is 9.97 Å². The van der Waals surface area contributed by atoms with Crippen LogP contribution in [0.1, 0.15) is 33.4 Å². The van der Waals surface area contributed by atoms with Gasteiger partial charge in [0.25, 0.3) is 0 Å². The van der Waals surface area contributed by atoms with Crippen LogP contribution < -0.4 is 30.4 Å². The van der Waals surface area contributed by atoms with E-state index in [9.17, 15) is 0 Å². The molecule has 0 aliphatic rings. The maximum atomic E-state index is 6.39. The highest BCUT2D eigenvalue weighted by Crippen LogP contribution is 2.34. The van der Waals surface area contributed by atoms with Gasteiger partial charge in [0.2, 0.25) is 23.5 Å². The van der Waals surface area contributed by atoms with E-state index in [1.54, 1.807) is 12.1 Å². The van der Waals surface area contributed by atoms with Crippen LogP contribution in [0.15, 0.2) is 48.5 Å². The Morgan fingerprint density at radius 3 is 1.38 bits per heavy atom. The third-order valence-electron chi connectivity index (χ3n) is 6.70. The summed E-state index contributed by atoms with van der Waals surface area (Å²) in [5.74, 6) is 1.37. The first kappa shape index (κ1) is 29.4. The Hall–Kier alpha value is -3.56. The van der Waals surface area contributed by atoms with Crippen LogP contribution >= 0.6 is 23.2 Å². The minimum atomic E-state index is 0.263. The van der Waals surface area contributed by atoms with Gasteiger partial charge in [0.05, 0.1) is 14.2 Å². The summed E-state index contributed by atoms with van der Waals surface area (Å²) in [7, 11) is 3.07. The molecule has 0 spiro atoms. The van der Waals surface area contributed by atoms with Gasteiger partial charge in [0.15, 0.2) is 0 Å². The molecule has 0 amide bonds. The van der Waals surface area contributed by atoms with Crippen molar-refractivity contribution in [3.8, 4) is 34.6 Å². The zero-order valence-corrected chi connectivity index (χ0v) is 24.4. The first-order valence-corrected chi connectivity index (χ1v) is 13.4. The van der Waals surface area contributed by atoms with Gasteiger partial charge in [-0.25, -0.2) is 0 Å². The molecule has 0 bridgehead atoms. The third-order valence-corrected chi connectivity index (χ3v) is 7.25. The minimum Gasteiger partial charge on any atom is -0.481 e. The fourth-order valence-corrected chi connectivity index (χ4v) is 4.85. The van der Waals surface area contributed by atoms with Gasteiger partial charge in [-0.3, -0.25) is 0 Å².